The van der Waals surface area contributed by atoms with Gasteiger partial charge in [0.2, 0.25) is 0 Å². The zero-order valence-electron chi connectivity index (χ0n) is 17.1. The van der Waals surface area contributed by atoms with E-state index in [0.29, 0.717) is 24.0 Å². The van der Waals surface area contributed by atoms with Crippen LogP contribution in [0.3, 0.4) is 0 Å². The molecule has 3 nitrogen and oxygen atoms in total. The maximum Gasteiger partial charge on any atom is 0.173 e. The Bertz CT molecular complexity index is 872. The Morgan fingerprint density at radius 1 is 1.14 bits per heavy atom. The van der Waals surface area contributed by atoms with E-state index in [0.717, 1.165) is 36.9 Å². The highest BCUT2D eigenvalue weighted by molar-refractivity contribution is 7.20. The second-order valence-electron chi connectivity index (χ2n) is 9.51. The molecule has 150 valence electrons. The van der Waals surface area contributed by atoms with E-state index in [1.165, 1.54) is 41.6 Å². The van der Waals surface area contributed by atoms with Gasteiger partial charge in [-0.3, -0.25) is 9.69 Å². The molecule has 28 heavy (non-hydrogen) atoms. The van der Waals surface area contributed by atoms with E-state index in [1.807, 2.05) is 0 Å². The molecule has 1 aromatic heterocycles. The minimum atomic E-state index is 0.156. The fourth-order valence-corrected chi connectivity index (χ4v) is 6.94. The molecule has 1 aromatic carbocycles. The molecule has 1 atom stereocenters. The van der Waals surface area contributed by atoms with E-state index >= 15 is 0 Å². The van der Waals surface area contributed by atoms with Crippen molar-refractivity contribution in [2.75, 3.05) is 26.3 Å². The number of fused-ring (bicyclic) bond motifs is 4. The van der Waals surface area contributed by atoms with E-state index in [9.17, 15) is 4.79 Å². The number of Topliss-reactive ketones (excluding diaryl/α,β-unsaturated/α-hetero) is 1. The maximum atomic E-state index is 13.2. The summed E-state index contributed by atoms with van der Waals surface area (Å²) in [5.74, 6) is 2.16. The van der Waals surface area contributed by atoms with E-state index in [4.69, 9.17) is 4.74 Å². The molecule has 0 aliphatic carbocycles. The van der Waals surface area contributed by atoms with E-state index in [2.05, 4.69) is 43.0 Å². The summed E-state index contributed by atoms with van der Waals surface area (Å²) in [7, 11) is 0. The summed E-state index contributed by atoms with van der Waals surface area (Å²) in [6.07, 6.45) is 5.45. The lowest BCUT2D eigenvalue weighted by atomic mass is 9.65. The van der Waals surface area contributed by atoms with Crippen molar-refractivity contribution in [1.82, 2.24) is 4.90 Å². The van der Waals surface area contributed by atoms with E-state index < -0.39 is 0 Å². The minimum Gasteiger partial charge on any atom is -0.381 e. The van der Waals surface area contributed by atoms with Crippen LogP contribution >= 0.6 is 11.3 Å². The molecule has 0 unspecified atom stereocenters. The molecule has 0 N–H and O–H groups in total. The van der Waals surface area contributed by atoms with Gasteiger partial charge >= 0.3 is 0 Å². The SMILES string of the molecule is CC1(C)[C@H](CC(=O)c2cc3ccc(C4CCOCC4)cc3s2)C2CCN1CC2. The van der Waals surface area contributed by atoms with Crippen LogP contribution in [0, 0.1) is 11.8 Å². The van der Waals surface area contributed by atoms with E-state index in [-0.39, 0.29) is 5.54 Å². The first-order valence-corrected chi connectivity index (χ1v) is 11.7. The highest BCUT2D eigenvalue weighted by Gasteiger charge is 2.48. The molecule has 0 radical (unpaired) electrons. The predicted molar refractivity (Wildman–Crippen MR) is 115 cm³/mol. The van der Waals surface area contributed by atoms with Gasteiger partial charge < -0.3 is 4.74 Å². The largest absolute Gasteiger partial charge is 0.381 e. The van der Waals surface area contributed by atoms with Crippen molar-refractivity contribution in [3.8, 4) is 0 Å². The first-order valence-electron chi connectivity index (χ1n) is 10.9. The summed E-state index contributed by atoms with van der Waals surface area (Å²) >= 11 is 1.70. The highest BCUT2D eigenvalue weighted by Crippen LogP contribution is 2.46. The van der Waals surface area contributed by atoms with Gasteiger partial charge in [-0.15, -0.1) is 11.3 Å². The second kappa shape index (κ2) is 7.23. The van der Waals surface area contributed by atoms with Crippen LogP contribution in [-0.2, 0) is 4.74 Å². The lowest BCUT2D eigenvalue weighted by molar-refractivity contribution is -0.0643. The number of carbonyl (C=O) groups excluding carboxylic acids is 1. The minimum absolute atomic E-state index is 0.156. The molecule has 4 aliphatic heterocycles. The van der Waals surface area contributed by atoms with Gasteiger partial charge in [-0.05, 0) is 93.5 Å². The molecule has 0 saturated carbocycles. The van der Waals surface area contributed by atoms with Crippen LogP contribution in [0.25, 0.3) is 10.1 Å². The molecule has 0 amide bonds. The molecule has 2 aromatic rings. The number of hydrogen-bond acceptors (Lipinski definition) is 4. The van der Waals surface area contributed by atoms with Crippen LogP contribution < -0.4 is 0 Å². The van der Waals surface area contributed by atoms with E-state index in [1.54, 1.807) is 11.3 Å². The van der Waals surface area contributed by atoms with Crippen LogP contribution in [0.1, 0.15) is 67.1 Å². The van der Waals surface area contributed by atoms with Crippen molar-refractivity contribution in [1.29, 1.82) is 0 Å². The lowest BCUT2D eigenvalue weighted by Crippen LogP contribution is -2.61. The normalized spacial score (nSPS) is 30.0. The monoisotopic (exact) mass is 397 g/mol. The van der Waals surface area contributed by atoms with Gasteiger partial charge in [0.25, 0.3) is 0 Å². The van der Waals surface area contributed by atoms with Crippen molar-refractivity contribution in [2.45, 2.75) is 57.4 Å². The Morgan fingerprint density at radius 3 is 2.61 bits per heavy atom. The number of ether oxygens (including phenoxy) is 1. The number of benzene rings is 1. The summed E-state index contributed by atoms with van der Waals surface area (Å²) in [6.45, 7) is 8.85. The van der Waals surface area contributed by atoms with Crippen molar-refractivity contribution in [3.05, 3.63) is 34.7 Å². The highest BCUT2D eigenvalue weighted by atomic mass is 32.1. The molecule has 2 bridgehead atoms. The van der Waals surface area contributed by atoms with Gasteiger partial charge in [0.15, 0.2) is 5.78 Å². The van der Waals surface area contributed by atoms with Crippen molar-refractivity contribution in [2.24, 2.45) is 11.8 Å². The van der Waals surface area contributed by atoms with Crippen LogP contribution in [-0.4, -0.2) is 42.5 Å². The summed E-state index contributed by atoms with van der Waals surface area (Å²) in [5, 5.41) is 1.22. The summed E-state index contributed by atoms with van der Waals surface area (Å²) in [6, 6.07) is 8.93. The molecule has 4 saturated heterocycles. The van der Waals surface area contributed by atoms with Gasteiger partial charge in [-0.2, -0.15) is 0 Å². The lowest BCUT2D eigenvalue weighted by Gasteiger charge is -2.56. The maximum absolute atomic E-state index is 13.2. The second-order valence-corrected chi connectivity index (χ2v) is 10.6. The van der Waals surface area contributed by atoms with Crippen LogP contribution in [0.4, 0.5) is 0 Å². The Balaban J connectivity index is 1.36. The summed E-state index contributed by atoms with van der Waals surface area (Å²) < 4.78 is 6.77. The van der Waals surface area contributed by atoms with Gasteiger partial charge in [0.1, 0.15) is 0 Å². The number of rotatable bonds is 4. The molecule has 5 heterocycles. The van der Waals surface area contributed by atoms with Crippen LogP contribution in [0.2, 0.25) is 0 Å². The fraction of sp³-hybridized carbons (Fsp3) is 0.625. The molecular weight excluding hydrogens is 366 g/mol. The molecule has 0 spiro atoms. The first-order chi connectivity index (χ1) is 13.5. The number of piperidine rings is 3. The smallest absolute Gasteiger partial charge is 0.173 e. The average molecular weight is 398 g/mol. The van der Waals surface area contributed by atoms with Crippen LogP contribution in [0.5, 0.6) is 0 Å². The summed E-state index contributed by atoms with van der Waals surface area (Å²) in [5.41, 5.74) is 1.57. The van der Waals surface area contributed by atoms with Gasteiger partial charge in [0, 0.05) is 29.9 Å². The van der Waals surface area contributed by atoms with Crippen molar-refractivity contribution >= 4 is 27.2 Å². The quantitative estimate of drug-likeness (QED) is 0.639. The van der Waals surface area contributed by atoms with Gasteiger partial charge in [0.05, 0.1) is 4.88 Å². The first kappa shape index (κ1) is 18.8. The van der Waals surface area contributed by atoms with Crippen molar-refractivity contribution in [3.63, 3.8) is 0 Å². The van der Waals surface area contributed by atoms with Gasteiger partial charge in [-0.1, -0.05) is 12.1 Å². The zero-order valence-corrected chi connectivity index (χ0v) is 17.9. The fourth-order valence-electron chi connectivity index (χ4n) is 5.88. The third-order valence-electron chi connectivity index (χ3n) is 7.75. The number of carbonyl (C=O) groups is 1. The summed E-state index contributed by atoms with van der Waals surface area (Å²) in [4.78, 5) is 16.8. The number of hydrogen-bond donors (Lipinski definition) is 0. The average Bonchev–Trinajstić information content (AvgIpc) is 3.15. The Morgan fingerprint density at radius 2 is 1.89 bits per heavy atom. The standard InChI is InChI=1S/C24H31NO2S/c1-24(2)20(17-5-9-25(24)10-6-17)15-21(26)23-14-19-4-3-18(13-22(19)28-23)16-7-11-27-12-8-16/h3-4,13-14,16-17,20H,5-12,15H2,1-2H3/t20-/m1/s1. The Kier molecular flexibility index (Phi) is 4.85. The number of ketones is 1. The third-order valence-corrected chi connectivity index (χ3v) is 8.89. The number of thiophene rings is 1. The predicted octanol–water partition coefficient (Wildman–Crippen LogP) is 5.49. The molecule has 4 heteroatoms. The molecule has 4 fully saturated rings. The molecule has 6 rings (SSSR count). The Labute approximate surface area is 172 Å². The molecular formula is C24H31NO2S. The molecule has 4 aliphatic rings. The van der Waals surface area contributed by atoms with Crippen LogP contribution in [0.15, 0.2) is 24.3 Å². The van der Waals surface area contributed by atoms with Gasteiger partial charge in [-0.25, -0.2) is 0 Å². The third kappa shape index (κ3) is 3.24. The zero-order chi connectivity index (χ0) is 19.3. The topological polar surface area (TPSA) is 29.5 Å². The van der Waals surface area contributed by atoms with Crippen molar-refractivity contribution < 1.29 is 9.53 Å². The number of nitrogens with zero attached hydrogens (tertiary/aromatic N) is 1. The Hall–Kier alpha value is -1.23.